The number of rotatable bonds is 8. The van der Waals surface area contributed by atoms with E-state index in [1.54, 1.807) is 0 Å². The number of nitrogens with zero attached hydrogens (tertiary/aromatic N) is 3. The summed E-state index contributed by atoms with van der Waals surface area (Å²) >= 11 is 5.97. The second kappa shape index (κ2) is 8.00. The van der Waals surface area contributed by atoms with Gasteiger partial charge in [-0.25, -0.2) is 4.98 Å². The number of fused-ring (bicyclic) bond motifs is 4. The molecule has 0 N–H and O–H groups in total. The first-order valence-corrected chi connectivity index (χ1v) is 11.8. The number of hydrogen-bond donors (Lipinski definition) is 0. The number of unbranched alkanes of at least 4 members (excludes halogenated alkanes) is 3. The molecule has 3 unspecified atom stereocenters. The van der Waals surface area contributed by atoms with E-state index in [4.69, 9.17) is 11.6 Å². The Hall–Kier alpha value is -0.640. The molecule has 4 bridgehead atoms. The molecule has 4 aliphatic rings. The fourth-order valence-electron chi connectivity index (χ4n) is 6.74. The van der Waals surface area contributed by atoms with Gasteiger partial charge in [0.05, 0.1) is 0 Å². The Kier molecular flexibility index (Phi) is 5.45. The van der Waals surface area contributed by atoms with E-state index >= 15 is 0 Å². The summed E-state index contributed by atoms with van der Waals surface area (Å²) < 4.78 is 0. The molecule has 1 aromatic heterocycles. The summed E-state index contributed by atoms with van der Waals surface area (Å²) in [6.07, 6.45) is 17.7. The zero-order chi connectivity index (χ0) is 18.2. The topological polar surface area (TPSA) is 19.4 Å². The Balaban J connectivity index is 1.04. The summed E-state index contributed by atoms with van der Waals surface area (Å²) in [6.45, 7) is 2.68. The maximum Gasteiger partial charge on any atom is 0.129 e. The van der Waals surface area contributed by atoms with Crippen molar-refractivity contribution in [3.63, 3.8) is 0 Å². The van der Waals surface area contributed by atoms with Crippen LogP contribution in [0.3, 0.4) is 0 Å². The van der Waals surface area contributed by atoms with Crippen LogP contribution in [0.1, 0.15) is 82.1 Å². The lowest BCUT2D eigenvalue weighted by Gasteiger charge is -2.24. The van der Waals surface area contributed by atoms with Gasteiger partial charge in [0.25, 0.3) is 0 Å². The molecule has 5 rings (SSSR count). The molecule has 0 aliphatic carbocycles. The van der Waals surface area contributed by atoms with Crippen molar-refractivity contribution in [3.8, 4) is 0 Å². The highest BCUT2D eigenvalue weighted by Crippen LogP contribution is 2.46. The van der Waals surface area contributed by atoms with Crippen molar-refractivity contribution >= 4 is 11.6 Å². The van der Waals surface area contributed by atoms with E-state index in [9.17, 15) is 0 Å². The van der Waals surface area contributed by atoms with Gasteiger partial charge >= 0.3 is 0 Å². The van der Waals surface area contributed by atoms with Crippen LogP contribution in [-0.4, -0.2) is 52.0 Å². The van der Waals surface area contributed by atoms with Gasteiger partial charge in [0.1, 0.15) is 5.15 Å². The highest BCUT2D eigenvalue weighted by atomic mass is 35.5. The lowest BCUT2D eigenvalue weighted by Crippen LogP contribution is -2.31. The van der Waals surface area contributed by atoms with Crippen LogP contribution in [0, 0.1) is 0 Å². The van der Waals surface area contributed by atoms with E-state index in [1.807, 2.05) is 12.3 Å². The highest BCUT2D eigenvalue weighted by molar-refractivity contribution is 6.29. The van der Waals surface area contributed by atoms with Gasteiger partial charge in [-0.15, -0.1) is 0 Å². The predicted molar refractivity (Wildman–Crippen MR) is 111 cm³/mol. The van der Waals surface area contributed by atoms with Crippen molar-refractivity contribution in [1.29, 1.82) is 0 Å². The lowest BCUT2D eigenvalue weighted by molar-refractivity contribution is 0.233. The number of hydrogen-bond acceptors (Lipinski definition) is 3. The molecule has 0 amide bonds. The van der Waals surface area contributed by atoms with Crippen molar-refractivity contribution in [2.24, 2.45) is 0 Å². The van der Waals surface area contributed by atoms with E-state index in [1.165, 1.54) is 89.3 Å². The minimum absolute atomic E-state index is 0.612. The molecule has 4 aliphatic heterocycles. The van der Waals surface area contributed by atoms with E-state index in [-0.39, 0.29) is 0 Å². The van der Waals surface area contributed by atoms with Gasteiger partial charge in [0.15, 0.2) is 0 Å². The Morgan fingerprint density at radius 1 is 0.815 bits per heavy atom. The molecule has 3 nitrogen and oxygen atoms in total. The maximum atomic E-state index is 5.97. The zero-order valence-electron chi connectivity index (χ0n) is 16.5. The molecule has 4 fully saturated rings. The van der Waals surface area contributed by atoms with Gasteiger partial charge in [0, 0.05) is 36.3 Å². The van der Waals surface area contributed by atoms with Gasteiger partial charge in [-0.05, 0) is 82.5 Å². The van der Waals surface area contributed by atoms with Gasteiger partial charge in [-0.2, -0.15) is 0 Å². The number of pyridine rings is 1. The highest BCUT2D eigenvalue weighted by Gasteiger charge is 2.46. The largest absolute Gasteiger partial charge is 0.297 e. The van der Waals surface area contributed by atoms with Gasteiger partial charge in [0.2, 0.25) is 0 Å². The van der Waals surface area contributed by atoms with Crippen LogP contribution < -0.4 is 0 Å². The molecular formula is C23H34ClN3. The molecule has 27 heavy (non-hydrogen) atoms. The van der Waals surface area contributed by atoms with Crippen LogP contribution in [0.5, 0.6) is 0 Å². The average Bonchev–Trinajstić information content (AvgIpc) is 3.45. The summed E-state index contributed by atoms with van der Waals surface area (Å²) in [4.78, 5) is 9.99. The molecule has 4 saturated heterocycles. The minimum atomic E-state index is 0.612. The van der Waals surface area contributed by atoms with Crippen LogP contribution >= 0.6 is 11.6 Å². The third-order valence-corrected chi connectivity index (χ3v) is 8.27. The van der Waals surface area contributed by atoms with E-state index < -0.39 is 0 Å². The van der Waals surface area contributed by atoms with Crippen molar-refractivity contribution in [2.45, 2.75) is 101 Å². The first-order chi connectivity index (χ1) is 13.3. The van der Waals surface area contributed by atoms with E-state index in [0.717, 1.165) is 24.2 Å². The summed E-state index contributed by atoms with van der Waals surface area (Å²) in [5.74, 6) is 0.680. The molecule has 0 spiro atoms. The third kappa shape index (κ3) is 3.68. The van der Waals surface area contributed by atoms with E-state index in [0.29, 0.717) is 11.1 Å². The van der Waals surface area contributed by atoms with Crippen LogP contribution in [0.15, 0.2) is 18.3 Å². The molecule has 4 heteroatoms. The Morgan fingerprint density at radius 2 is 1.48 bits per heavy atom. The van der Waals surface area contributed by atoms with Crippen molar-refractivity contribution in [3.05, 3.63) is 29.0 Å². The molecule has 5 heterocycles. The maximum absolute atomic E-state index is 5.97. The Labute approximate surface area is 169 Å². The van der Waals surface area contributed by atoms with Crippen molar-refractivity contribution in [1.82, 2.24) is 14.8 Å². The number of aromatic nitrogens is 1. The lowest BCUT2D eigenvalue weighted by atomic mass is 9.85. The normalized spacial score (nSPS) is 35.5. The summed E-state index contributed by atoms with van der Waals surface area (Å²) in [6, 6.07) is 7.63. The summed E-state index contributed by atoms with van der Waals surface area (Å²) in [5.41, 5.74) is 1.40. The molecule has 3 atom stereocenters. The van der Waals surface area contributed by atoms with Gasteiger partial charge < -0.3 is 0 Å². The van der Waals surface area contributed by atoms with Gasteiger partial charge in [-0.3, -0.25) is 9.80 Å². The van der Waals surface area contributed by atoms with Crippen LogP contribution in [0.4, 0.5) is 0 Å². The third-order valence-electron chi connectivity index (χ3n) is 8.05. The molecule has 0 aromatic carbocycles. The van der Waals surface area contributed by atoms with Gasteiger partial charge in [-0.1, -0.05) is 30.5 Å². The summed E-state index contributed by atoms with van der Waals surface area (Å²) in [5, 5.41) is 0.612. The fraction of sp³-hybridized carbons (Fsp3) is 0.783. The Morgan fingerprint density at radius 3 is 2.15 bits per heavy atom. The van der Waals surface area contributed by atoms with Crippen LogP contribution in [0.25, 0.3) is 0 Å². The molecule has 148 valence electrons. The quantitative estimate of drug-likeness (QED) is 0.449. The van der Waals surface area contributed by atoms with Crippen molar-refractivity contribution < 1.29 is 0 Å². The first-order valence-electron chi connectivity index (χ1n) is 11.4. The number of halogens is 1. The standard InChI is InChI=1S/C23H34ClN3/c24-23-12-5-17(16-25-23)21-15-20-10-11-22(21)27(20)14-4-2-1-3-13-26-18-6-7-19(26)9-8-18/h5,12,16,18-22H,1-4,6-11,13-15H2. The van der Waals surface area contributed by atoms with E-state index in [2.05, 4.69) is 20.9 Å². The fourth-order valence-corrected chi connectivity index (χ4v) is 6.85. The molecule has 0 saturated carbocycles. The predicted octanol–water partition coefficient (Wildman–Crippen LogP) is 5.24. The molecular weight excluding hydrogens is 354 g/mol. The smallest absolute Gasteiger partial charge is 0.129 e. The SMILES string of the molecule is Clc1ccc(C2CC3CCC2N3CCCCCCN2C3CCC2CC3)cn1. The average molecular weight is 388 g/mol. The second-order valence-electron chi connectivity index (χ2n) is 9.41. The second-order valence-corrected chi connectivity index (χ2v) is 9.79. The monoisotopic (exact) mass is 387 g/mol. The zero-order valence-corrected chi connectivity index (χ0v) is 17.3. The van der Waals surface area contributed by atoms with Crippen molar-refractivity contribution in [2.75, 3.05) is 13.1 Å². The Bertz CT molecular complexity index is 613. The van der Waals surface area contributed by atoms with Crippen LogP contribution in [-0.2, 0) is 0 Å². The van der Waals surface area contributed by atoms with Crippen LogP contribution in [0.2, 0.25) is 5.15 Å². The molecule has 1 aromatic rings. The first kappa shape index (κ1) is 18.4. The minimum Gasteiger partial charge on any atom is -0.297 e. The molecule has 0 radical (unpaired) electrons. The summed E-state index contributed by atoms with van der Waals surface area (Å²) in [7, 11) is 0.